The Kier molecular flexibility index (Phi) is 4.53. The second-order valence-corrected chi connectivity index (χ2v) is 5.39. The molecule has 104 valence electrons. The third-order valence-electron chi connectivity index (χ3n) is 4.05. The number of benzene rings is 1. The quantitative estimate of drug-likeness (QED) is 0.903. The molecule has 0 saturated carbocycles. The van der Waals surface area contributed by atoms with E-state index in [1.165, 1.54) is 17.7 Å². The van der Waals surface area contributed by atoms with Gasteiger partial charge in [0.15, 0.2) is 0 Å². The molecule has 0 aliphatic carbocycles. The van der Waals surface area contributed by atoms with Gasteiger partial charge < -0.3 is 5.73 Å². The number of piperidine rings is 1. The third-order valence-corrected chi connectivity index (χ3v) is 4.05. The number of nitrogens with zero attached hydrogens (tertiary/aromatic N) is 1. The Hall–Kier alpha value is -1.42. The highest BCUT2D eigenvalue weighted by Gasteiger charge is 2.25. The number of hydrogen-bond acceptors (Lipinski definition) is 2. The standard InChI is InChI=1S/C15H21FN2O/c1-11(15(17)19)18-8-6-13(7-9-18)10-12-2-4-14(16)5-3-12/h2-5,11,13H,6-10H2,1H3,(H2,17,19). The fourth-order valence-electron chi connectivity index (χ4n) is 2.68. The van der Waals surface area contributed by atoms with Crippen LogP contribution in [0.2, 0.25) is 0 Å². The fourth-order valence-corrected chi connectivity index (χ4v) is 2.68. The zero-order valence-corrected chi connectivity index (χ0v) is 11.3. The van der Waals surface area contributed by atoms with E-state index in [2.05, 4.69) is 4.90 Å². The van der Waals surface area contributed by atoms with Crippen LogP contribution < -0.4 is 5.73 Å². The zero-order chi connectivity index (χ0) is 13.8. The number of nitrogens with two attached hydrogens (primary N) is 1. The van der Waals surface area contributed by atoms with Gasteiger partial charge in [-0.1, -0.05) is 12.1 Å². The Bertz CT molecular complexity index is 424. The Labute approximate surface area is 113 Å². The van der Waals surface area contributed by atoms with Gasteiger partial charge in [0.25, 0.3) is 0 Å². The summed E-state index contributed by atoms with van der Waals surface area (Å²) in [7, 11) is 0. The molecule has 1 fully saturated rings. The number of hydrogen-bond donors (Lipinski definition) is 1. The van der Waals surface area contributed by atoms with Crippen molar-refractivity contribution in [2.45, 2.75) is 32.2 Å². The van der Waals surface area contributed by atoms with Gasteiger partial charge in [0, 0.05) is 0 Å². The second-order valence-electron chi connectivity index (χ2n) is 5.39. The SMILES string of the molecule is CC(C(N)=O)N1CCC(Cc2ccc(F)cc2)CC1. The van der Waals surface area contributed by atoms with Gasteiger partial charge in [-0.25, -0.2) is 4.39 Å². The summed E-state index contributed by atoms with van der Waals surface area (Å²) in [6.07, 6.45) is 3.11. The van der Waals surface area contributed by atoms with Crippen LogP contribution in [0.25, 0.3) is 0 Å². The van der Waals surface area contributed by atoms with Crippen molar-refractivity contribution in [1.29, 1.82) is 0 Å². The molecule has 1 heterocycles. The molecule has 1 atom stereocenters. The summed E-state index contributed by atoms with van der Waals surface area (Å²) in [4.78, 5) is 13.3. The molecule has 1 aromatic carbocycles. The maximum atomic E-state index is 12.8. The van der Waals surface area contributed by atoms with Crippen molar-refractivity contribution in [3.8, 4) is 0 Å². The van der Waals surface area contributed by atoms with Gasteiger partial charge in [0.1, 0.15) is 5.82 Å². The fraction of sp³-hybridized carbons (Fsp3) is 0.533. The smallest absolute Gasteiger partial charge is 0.234 e. The first-order valence-electron chi connectivity index (χ1n) is 6.84. The molecule has 3 nitrogen and oxygen atoms in total. The molecule has 1 aromatic rings. The molecule has 1 amide bonds. The number of halogens is 1. The monoisotopic (exact) mass is 264 g/mol. The van der Waals surface area contributed by atoms with Gasteiger partial charge in [-0.3, -0.25) is 9.69 Å². The summed E-state index contributed by atoms with van der Waals surface area (Å²) in [5, 5.41) is 0. The number of carbonyl (C=O) groups excluding carboxylic acids is 1. The summed E-state index contributed by atoms with van der Waals surface area (Å²) < 4.78 is 12.8. The molecule has 1 aliphatic rings. The molecule has 0 bridgehead atoms. The number of primary amides is 1. The van der Waals surface area contributed by atoms with Gasteiger partial charge in [-0.2, -0.15) is 0 Å². The largest absolute Gasteiger partial charge is 0.368 e. The number of likely N-dealkylation sites (tertiary alicyclic amines) is 1. The van der Waals surface area contributed by atoms with E-state index in [4.69, 9.17) is 5.73 Å². The van der Waals surface area contributed by atoms with E-state index < -0.39 is 0 Å². The van der Waals surface area contributed by atoms with Gasteiger partial charge in [-0.15, -0.1) is 0 Å². The minimum absolute atomic E-state index is 0.174. The lowest BCUT2D eigenvalue weighted by atomic mass is 9.89. The average Bonchev–Trinajstić information content (AvgIpc) is 2.41. The van der Waals surface area contributed by atoms with E-state index in [0.717, 1.165) is 32.4 Å². The van der Waals surface area contributed by atoms with Crippen molar-refractivity contribution in [3.63, 3.8) is 0 Å². The lowest BCUT2D eigenvalue weighted by molar-refractivity contribution is -0.123. The average molecular weight is 264 g/mol. The lowest BCUT2D eigenvalue weighted by Crippen LogP contribution is -2.46. The van der Waals surface area contributed by atoms with Crippen molar-refractivity contribution < 1.29 is 9.18 Å². The molecule has 0 spiro atoms. The molecule has 2 rings (SSSR count). The summed E-state index contributed by atoms with van der Waals surface area (Å²) >= 11 is 0. The van der Waals surface area contributed by atoms with Gasteiger partial charge >= 0.3 is 0 Å². The van der Waals surface area contributed by atoms with Gasteiger partial charge in [-0.05, 0) is 62.9 Å². The van der Waals surface area contributed by atoms with Gasteiger partial charge in [0.05, 0.1) is 6.04 Å². The van der Waals surface area contributed by atoms with Crippen LogP contribution in [-0.4, -0.2) is 29.9 Å². The van der Waals surface area contributed by atoms with Crippen LogP contribution in [0.1, 0.15) is 25.3 Å². The van der Waals surface area contributed by atoms with Crippen molar-refractivity contribution in [1.82, 2.24) is 4.90 Å². The number of amides is 1. The first kappa shape index (κ1) is 14.0. The van der Waals surface area contributed by atoms with Crippen LogP contribution in [0.15, 0.2) is 24.3 Å². The topological polar surface area (TPSA) is 46.3 Å². The van der Waals surface area contributed by atoms with Crippen LogP contribution >= 0.6 is 0 Å². The minimum Gasteiger partial charge on any atom is -0.368 e. The van der Waals surface area contributed by atoms with Crippen molar-refractivity contribution in [2.75, 3.05) is 13.1 Å². The first-order chi connectivity index (χ1) is 9.06. The minimum atomic E-state index is -0.253. The first-order valence-corrected chi connectivity index (χ1v) is 6.84. The molecule has 2 N–H and O–H groups in total. The molecule has 19 heavy (non-hydrogen) atoms. The predicted molar refractivity (Wildman–Crippen MR) is 73.1 cm³/mol. The molecule has 1 saturated heterocycles. The Morgan fingerprint density at radius 2 is 1.95 bits per heavy atom. The van der Waals surface area contributed by atoms with Crippen molar-refractivity contribution >= 4 is 5.91 Å². The highest BCUT2D eigenvalue weighted by Crippen LogP contribution is 2.23. The zero-order valence-electron chi connectivity index (χ0n) is 11.3. The molecule has 1 aliphatic heterocycles. The van der Waals surface area contributed by atoms with E-state index in [1.807, 2.05) is 19.1 Å². The third kappa shape index (κ3) is 3.77. The summed E-state index contributed by atoms with van der Waals surface area (Å²) in [6, 6.07) is 6.56. The normalized spacial score (nSPS) is 19.3. The Balaban J connectivity index is 1.83. The second kappa shape index (κ2) is 6.15. The molecular weight excluding hydrogens is 243 g/mol. The lowest BCUT2D eigenvalue weighted by Gasteiger charge is -2.34. The Morgan fingerprint density at radius 1 is 1.37 bits per heavy atom. The predicted octanol–water partition coefficient (Wildman–Crippen LogP) is 1.95. The van der Waals surface area contributed by atoms with Gasteiger partial charge in [0.2, 0.25) is 5.91 Å². The van der Waals surface area contributed by atoms with E-state index in [-0.39, 0.29) is 17.8 Å². The highest BCUT2D eigenvalue weighted by atomic mass is 19.1. The molecule has 4 heteroatoms. The van der Waals surface area contributed by atoms with Crippen LogP contribution in [-0.2, 0) is 11.2 Å². The van der Waals surface area contributed by atoms with Crippen molar-refractivity contribution in [3.05, 3.63) is 35.6 Å². The summed E-state index contributed by atoms with van der Waals surface area (Å²) in [5.74, 6) is 0.174. The van der Waals surface area contributed by atoms with E-state index >= 15 is 0 Å². The van der Waals surface area contributed by atoms with Crippen LogP contribution in [0.5, 0.6) is 0 Å². The number of rotatable bonds is 4. The van der Waals surface area contributed by atoms with Crippen LogP contribution in [0, 0.1) is 11.7 Å². The molecule has 1 unspecified atom stereocenters. The Morgan fingerprint density at radius 3 is 2.47 bits per heavy atom. The molecule has 0 radical (unpaired) electrons. The molecular formula is C15H21FN2O. The van der Waals surface area contributed by atoms with Crippen LogP contribution in [0.3, 0.4) is 0 Å². The van der Waals surface area contributed by atoms with E-state index in [9.17, 15) is 9.18 Å². The number of carbonyl (C=O) groups is 1. The van der Waals surface area contributed by atoms with E-state index in [1.54, 1.807) is 0 Å². The summed E-state index contributed by atoms with van der Waals surface area (Å²) in [5.41, 5.74) is 6.51. The molecule has 0 aromatic heterocycles. The van der Waals surface area contributed by atoms with Crippen molar-refractivity contribution in [2.24, 2.45) is 11.7 Å². The van der Waals surface area contributed by atoms with Crippen LogP contribution in [0.4, 0.5) is 4.39 Å². The maximum absolute atomic E-state index is 12.8. The highest BCUT2D eigenvalue weighted by molar-refractivity contribution is 5.79. The maximum Gasteiger partial charge on any atom is 0.234 e. The van der Waals surface area contributed by atoms with E-state index in [0.29, 0.717) is 5.92 Å². The summed E-state index contributed by atoms with van der Waals surface area (Å²) in [6.45, 7) is 3.69.